The molecule has 1 aliphatic rings. The fourth-order valence-electron chi connectivity index (χ4n) is 4.50. The number of fused-ring (bicyclic) bond motifs is 2. The number of nitrogens with two attached hydrogens (primary N) is 1. The molecule has 0 spiro atoms. The van der Waals surface area contributed by atoms with Crippen molar-refractivity contribution in [1.29, 1.82) is 0 Å². The number of nitrogens with zero attached hydrogens (tertiary/aromatic N) is 8. The quantitative estimate of drug-likeness (QED) is 0.205. The van der Waals surface area contributed by atoms with E-state index in [2.05, 4.69) is 30.4 Å². The number of hydrogen-bond acceptors (Lipinski definition) is 11. The molecule has 44 heavy (non-hydrogen) atoms. The second kappa shape index (κ2) is 12.7. The predicted octanol–water partition coefficient (Wildman–Crippen LogP) is 1.24. The highest BCUT2D eigenvalue weighted by Crippen LogP contribution is 2.28. The standard InChI is InChI=1S/C26H29F3N10O5/c1-43-10-11-44-24-34-21(30)20-22(35-24)38(25(42)33-20)13-16-4-2-15(3-5-16)12-31-18(40)6-7-19(41)37-8-9-39-17(14-37)32-23(36-39)26(27,28)29/h2-5H,6-14H2,1H3,(H,31,40)(H,33,42)(H2,30,34,35). The summed E-state index contributed by atoms with van der Waals surface area (Å²) in [6.07, 6.45) is -4.84. The van der Waals surface area contributed by atoms with E-state index in [4.69, 9.17) is 15.2 Å². The molecular weight excluding hydrogens is 589 g/mol. The Bertz CT molecular complexity index is 1650. The number of methoxy groups -OCH3 is 1. The van der Waals surface area contributed by atoms with Crippen LogP contribution in [0.2, 0.25) is 0 Å². The lowest BCUT2D eigenvalue weighted by Gasteiger charge is -2.26. The topological polar surface area (TPSA) is 188 Å². The first-order chi connectivity index (χ1) is 21.0. The van der Waals surface area contributed by atoms with Crippen molar-refractivity contribution < 1.29 is 37.3 Å². The first-order valence-corrected chi connectivity index (χ1v) is 13.5. The molecule has 0 aliphatic carbocycles. The molecule has 3 aromatic heterocycles. The van der Waals surface area contributed by atoms with Crippen LogP contribution >= 0.6 is 0 Å². The Hall–Kier alpha value is -5.00. The van der Waals surface area contributed by atoms with E-state index in [1.54, 1.807) is 12.1 Å². The smallest absolute Gasteiger partial charge is 0.453 e. The Balaban J connectivity index is 1.11. The number of anilines is 1. The van der Waals surface area contributed by atoms with Gasteiger partial charge in [0.25, 0.3) is 11.8 Å². The molecule has 2 amide bonds. The van der Waals surface area contributed by atoms with Crippen LogP contribution < -0.4 is 15.8 Å². The molecule has 0 saturated carbocycles. The number of aromatic hydroxyl groups is 1. The average molecular weight is 619 g/mol. The van der Waals surface area contributed by atoms with Crippen LogP contribution in [0.1, 0.15) is 35.6 Å². The Morgan fingerprint density at radius 1 is 1.05 bits per heavy atom. The summed E-state index contributed by atoms with van der Waals surface area (Å²) in [5.74, 6) is -1.83. The maximum absolute atomic E-state index is 12.9. The number of alkyl halides is 3. The van der Waals surface area contributed by atoms with Crippen LogP contribution in [-0.2, 0) is 46.7 Å². The van der Waals surface area contributed by atoms with Crippen LogP contribution in [0.5, 0.6) is 12.0 Å². The molecule has 0 unspecified atom stereocenters. The van der Waals surface area contributed by atoms with Crippen molar-refractivity contribution in [3.05, 3.63) is 47.0 Å². The zero-order valence-electron chi connectivity index (χ0n) is 23.5. The number of amides is 2. The molecule has 234 valence electrons. The van der Waals surface area contributed by atoms with Crippen LogP contribution in [0.15, 0.2) is 24.3 Å². The van der Waals surface area contributed by atoms with Gasteiger partial charge < -0.3 is 30.5 Å². The van der Waals surface area contributed by atoms with Crippen LogP contribution in [-0.4, -0.2) is 83.0 Å². The highest BCUT2D eigenvalue weighted by molar-refractivity contribution is 5.84. The number of hydrogen-bond donors (Lipinski definition) is 3. The van der Waals surface area contributed by atoms with Gasteiger partial charge in [-0.25, -0.2) is 9.67 Å². The van der Waals surface area contributed by atoms with Crippen molar-refractivity contribution >= 4 is 28.8 Å². The Morgan fingerprint density at radius 3 is 2.52 bits per heavy atom. The van der Waals surface area contributed by atoms with Crippen molar-refractivity contribution in [2.75, 3.05) is 32.6 Å². The Labute approximate surface area is 247 Å². The van der Waals surface area contributed by atoms with Crippen molar-refractivity contribution in [3.63, 3.8) is 0 Å². The van der Waals surface area contributed by atoms with Gasteiger partial charge in [0.2, 0.25) is 11.8 Å². The van der Waals surface area contributed by atoms with E-state index in [-0.39, 0.29) is 93.2 Å². The number of carbonyl (C=O) groups is 2. The lowest BCUT2D eigenvalue weighted by atomic mass is 10.1. The lowest BCUT2D eigenvalue weighted by molar-refractivity contribution is -0.145. The Morgan fingerprint density at radius 2 is 1.80 bits per heavy atom. The number of nitrogen functional groups attached to an aromatic ring is 1. The number of nitrogens with one attached hydrogen (secondary N) is 1. The van der Waals surface area contributed by atoms with E-state index in [1.165, 1.54) is 16.6 Å². The summed E-state index contributed by atoms with van der Waals surface area (Å²) in [6.45, 7) is 1.14. The first kappa shape index (κ1) is 30.5. The average Bonchev–Trinajstić information content (AvgIpc) is 3.57. The normalized spacial score (nSPS) is 13.2. The zero-order valence-corrected chi connectivity index (χ0v) is 23.5. The number of carbonyl (C=O) groups excluding carboxylic acids is 2. The highest BCUT2D eigenvalue weighted by Gasteiger charge is 2.38. The van der Waals surface area contributed by atoms with Crippen LogP contribution in [0.25, 0.3) is 11.2 Å². The van der Waals surface area contributed by atoms with Gasteiger partial charge in [-0.3, -0.25) is 14.2 Å². The molecule has 4 aromatic rings. The summed E-state index contributed by atoms with van der Waals surface area (Å²) in [7, 11) is 1.54. The van der Waals surface area contributed by atoms with Gasteiger partial charge in [-0.2, -0.15) is 28.1 Å². The molecule has 0 bridgehead atoms. The number of rotatable bonds is 11. The fourth-order valence-corrected chi connectivity index (χ4v) is 4.50. The van der Waals surface area contributed by atoms with Crippen LogP contribution in [0, 0.1) is 0 Å². The summed E-state index contributed by atoms with van der Waals surface area (Å²) < 4.78 is 51.6. The molecule has 1 aromatic carbocycles. The molecule has 0 atom stereocenters. The molecule has 15 nitrogen and oxygen atoms in total. The summed E-state index contributed by atoms with van der Waals surface area (Å²) in [5.41, 5.74) is 8.11. The van der Waals surface area contributed by atoms with Gasteiger partial charge in [-0.05, 0) is 11.1 Å². The van der Waals surface area contributed by atoms with Crippen molar-refractivity contribution in [2.45, 2.75) is 45.2 Å². The van der Waals surface area contributed by atoms with Crippen LogP contribution in [0.3, 0.4) is 0 Å². The zero-order chi connectivity index (χ0) is 31.4. The van der Waals surface area contributed by atoms with E-state index in [9.17, 15) is 27.9 Å². The summed E-state index contributed by atoms with van der Waals surface area (Å²) >= 11 is 0. The number of halogens is 3. The van der Waals surface area contributed by atoms with Gasteiger partial charge in [-0.15, -0.1) is 5.10 Å². The van der Waals surface area contributed by atoms with Gasteiger partial charge in [-0.1, -0.05) is 24.3 Å². The van der Waals surface area contributed by atoms with E-state index in [0.29, 0.717) is 12.3 Å². The lowest BCUT2D eigenvalue weighted by Crippen LogP contribution is -2.39. The van der Waals surface area contributed by atoms with Crippen LogP contribution in [0.4, 0.5) is 19.0 Å². The minimum Gasteiger partial charge on any atom is -0.480 e. The van der Waals surface area contributed by atoms with Crippen molar-refractivity contribution in [3.8, 4) is 12.0 Å². The molecular formula is C26H29F3N10O5. The predicted molar refractivity (Wildman–Crippen MR) is 146 cm³/mol. The number of imidazole rings is 1. The number of ether oxygens (including phenoxy) is 2. The molecule has 4 heterocycles. The van der Waals surface area contributed by atoms with Gasteiger partial charge >= 0.3 is 12.2 Å². The fraction of sp³-hybridized carbons (Fsp3) is 0.423. The maximum Gasteiger partial charge on any atom is 0.453 e. The highest BCUT2D eigenvalue weighted by atomic mass is 19.4. The van der Waals surface area contributed by atoms with Gasteiger partial charge in [0, 0.05) is 33.0 Å². The van der Waals surface area contributed by atoms with Crippen molar-refractivity contribution in [1.82, 2.24) is 44.5 Å². The maximum atomic E-state index is 12.9. The summed E-state index contributed by atoms with van der Waals surface area (Å²) in [5, 5.41) is 16.6. The molecule has 18 heteroatoms. The molecule has 5 rings (SSSR count). The third-order valence-electron chi connectivity index (χ3n) is 6.79. The Kier molecular flexibility index (Phi) is 8.79. The van der Waals surface area contributed by atoms with Gasteiger partial charge in [0.15, 0.2) is 17.0 Å². The SMILES string of the molecule is COCCOc1nc(N)c2nc(O)n(Cc3ccc(CNC(=O)CCC(=O)N4CCn5nc(C(F)(F)F)nc5C4)cc3)c2n1. The molecule has 0 saturated heterocycles. The second-order valence-electron chi connectivity index (χ2n) is 9.88. The summed E-state index contributed by atoms with van der Waals surface area (Å²) in [4.78, 5) is 42.2. The van der Waals surface area contributed by atoms with Crippen molar-refractivity contribution in [2.24, 2.45) is 0 Å². The minimum atomic E-state index is -4.66. The second-order valence-corrected chi connectivity index (χ2v) is 9.88. The first-order valence-electron chi connectivity index (χ1n) is 13.5. The molecule has 0 radical (unpaired) electrons. The van der Waals surface area contributed by atoms with E-state index in [1.807, 2.05) is 12.1 Å². The molecule has 4 N–H and O–H groups in total. The minimum absolute atomic E-state index is 0.0286. The van der Waals surface area contributed by atoms with E-state index in [0.717, 1.165) is 15.8 Å². The monoisotopic (exact) mass is 618 g/mol. The van der Waals surface area contributed by atoms with E-state index >= 15 is 0 Å². The molecule has 0 fully saturated rings. The van der Waals surface area contributed by atoms with Gasteiger partial charge in [0.05, 0.1) is 26.2 Å². The number of benzene rings is 1. The third kappa shape index (κ3) is 6.96. The number of aromatic nitrogens is 7. The third-order valence-corrected chi connectivity index (χ3v) is 6.79. The molecule has 1 aliphatic heterocycles. The summed E-state index contributed by atoms with van der Waals surface area (Å²) in [6, 6.07) is 6.98. The van der Waals surface area contributed by atoms with E-state index < -0.39 is 12.0 Å². The largest absolute Gasteiger partial charge is 0.480 e. The van der Waals surface area contributed by atoms with Gasteiger partial charge in [0.1, 0.15) is 12.4 Å².